The van der Waals surface area contributed by atoms with E-state index in [4.69, 9.17) is 4.74 Å². The normalized spacial score (nSPS) is 19.5. The molecule has 2 N–H and O–H groups in total. The Morgan fingerprint density at radius 1 is 1.27 bits per heavy atom. The van der Waals surface area contributed by atoms with E-state index >= 15 is 0 Å². The zero-order valence-electron chi connectivity index (χ0n) is 13.6. The highest BCUT2D eigenvalue weighted by molar-refractivity contribution is 5.94. The van der Waals surface area contributed by atoms with Crippen molar-refractivity contribution in [3.63, 3.8) is 0 Å². The number of methoxy groups -OCH3 is 1. The lowest BCUT2D eigenvalue weighted by Crippen LogP contribution is -2.47. The minimum atomic E-state index is -0.259. The molecule has 2 unspecified atom stereocenters. The highest BCUT2D eigenvalue weighted by Gasteiger charge is 2.28. The van der Waals surface area contributed by atoms with Crippen LogP contribution in [0.3, 0.4) is 0 Å². The second kappa shape index (κ2) is 7.61. The van der Waals surface area contributed by atoms with Crippen LogP contribution in [0.4, 0.5) is 5.69 Å². The van der Waals surface area contributed by atoms with E-state index in [1.807, 2.05) is 38.1 Å². The number of aliphatic hydroxyl groups excluding tert-OH is 1. The fourth-order valence-corrected chi connectivity index (χ4v) is 2.88. The van der Waals surface area contributed by atoms with Gasteiger partial charge in [0.25, 0.3) is 0 Å². The molecule has 1 aromatic carbocycles. The second-order valence-corrected chi connectivity index (χ2v) is 6.01. The van der Waals surface area contributed by atoms with Crippen molar-refractivity contribution in [2.45, 2.75) is 38.8 Å². The summed E-state index contributed by atoms with van der Waals surface area (Å²) in [6, 6.07) is 7.16. The fraction of sp³-hybridized carbons (Fsp3) is 0.588. The number of rotatable bonds is 5. The average molecular weight is 306 g/mol. The summed E-state index contributed by atoms with van der Waals surface area (Å²) in [4.78, 5) is 14.5. The zero-order valence-corrected chi connectivity index (χ0v) is 13.6. The first-order valence-electron chi connectivity index (χ1n) is 7.88. The van der Waals surface area contributed by atoms with Gasteiger partial charge in [-0.25, -0.2) is 0 Å². The molecule has 1 heterocycles. The molecule has 22 heavy (non-hydrogen) atoms. The van der Waals surface area contributed by atoms with Crippen molar-refractivity contribution in [1.29, 1.82) is 0 Å². The van der Waals surface area contributed by atoms with E-state index in [1.165, 1.54) is 0 Å². The molecular formula is C17H26N2O3. The Kier molecular flexibility index (Phi) is 5.80. The molecule has 1 aliphatic rings. The Balaban J connectivity index is 1.86. The molecule has 0 aliphatic carbocycles. The van der Waals surface area contributed by atoms with Crippen LogP contribution in [0.1, 0.15) is 26.7 Å². The minimum Gasteiger partial charge on any atom is -0.497 e. The van der Waals surface area contributed by atoms with Crippen molar-refractivity contribution >= 4 is 11.6 Å². The van der Waals surface area contributed by atoms with Crippen LogP contribution in [0.25, 0.3) is 0 Å². The van der Waals surface area contributed by atoms with Gasteiger partial charge in [0.2, 0.25) is 5.91 Å². The van der Waals surface area contributed by atoms with Crippen molar-refractivity contribution in [3.8, 4) is 5.75 Å². The summed E-state index contributed by atoms with van der Waals surface area (Å²) in [5.74, 6) is 1.13. The van der Waals surface area contributed by atoms with Crippen LogP contribution in [0, 0.1) is 5.92 Å². The third-order valence-corrected chi connectivity index (χ3v) is 4.54. The van der Waals surface area contributed by atoms with Crippen molar-refractivity contribution in [2.24, 2.45) is 5.92 Å². The smallest absolute Gasteiger partial charge is 0.241 e. The zero-order chi connectivity index (χ0) is 16.1. The Morgan fingerprint density at radius 3 is 2.36 bits per heavy atom. The van der Waals surface area contributed by atoms with Crippen molar-refractivity contribution in [1.82, 2.24) is 4.90 Å². The predicted molar refractivity (Wildman–Crippen MR) is 87.1 cm³/mol. The number of hydrogen-bond acceptors (Lipinski definition) is 4. The quantitative estimate of drug-likeness (QED) is 0.875. The van der Waals surface area contributed by atoms with Gasteiger partial charge in [0.15, 0.2) is 0 Å². The number of benzene rings is 1. The van der Waals surface area contributed by atoms with Crippen molar-refractivity contribution in [3.05, 3.63) is 24.3 Å². The molecule has 1 fully saturated rings. The molecule has 2 rings (SSSR count). The number of likely N-dealkylation sites (tertiary alicyclic amines) is 1. The van der Waals surface area contributed by atoms with E-state index in [-0.39, 0.29) is 18.1 Å². The number of piperidine rings is 1. The van der Waals surface area contributed by atoms with Crippen LogP contribution in [0.2, 0.25) is 0 Å². The topological polar surface area (TPSA) is 61.8 Å². The summed E-state index contributed by atoms with van der Waals surface area (Å²) in [7, 11) is 1.62. The minimum absolute atomic E-state index is 0.000615. The molecule has 2 atom stereocenters. The molecule has 0 spiro atoms. The summed E-state index contributed by atoms with van der Waals surface area (Å²) < 4.78 is 5.10. The van der Waals surface area contributed by atoms with Crippen LogP contribution < -0.4 is 10.1 Å². The number of aliphatic hydroxyl groups is 1. The van der Waals surface area contributed by atoms with Gasteiger partial charge in [0.1, 0.15) is 5.75 Å². The molecule has 0 bridgehead atoms. The molecule has 1 saturated heterocycles. The number of nitrogens with one attached hydrogen (secondary N) is 1. The predicted octanol–water partition coefficient (Wildman–Crippen LogP) is 2.11. The van der Waals surface area contributed by atoms with Crippen molar-refractivity contribution in [2.75, 3.05) is 25.5 Å². The average Bonchev–Trinajstić information content (AvgIpc) is 2.55. The van der Waals surface area contributed by atoms with Crippen LogP contribution >= 0.6 is 0 Å². The van der Waals surface area contributed by atoms with E-state index < -0.39 is 0 Å². The maximum atomic E-state index is 12.3. The van der Waals surface area contributed by atoms with Gasteiger partial charge in [-0.1, -0.05) is 0 Å². The Bertz CT molecular complexity index is 479. The molecule has 1 amide bonds. The van der Waals surface area contributed by atoms with Crippen LogP contribution in [-0.2, 0) is 4.79 Å². The maximum Gasteiger partial charge on any atom is 0.241 e. The third kappa shape index (κ3) is 4.21. The number of nitrogens with zero attached hydrogens (tertiary/aromatic N) is 1. The SMILES string of the molecule is COc1ccc(NC(=O)C(C)N2CCC(C(C)O)CC2)cc1. The molecule has 1 aliphatic heterocycles. The lowest BCUT2D eigenvalue weighted by molar-refractivity contribution is -0.121. The standard InChI is InChI=1S/C17H26N2O3/c1-12(19-10-8-14(9-11-19)13(2)20)17(21)18-15-4-6-16(22-3)7-5-15/h4-7,12-14,20H,8-11H2,1-3H3,(H,18,21). The molecule has 0 radical (unpaired) electrons. The Labute approximate surface area is 132 Å². The first-order chi connectivity index (χ1) is 10.5. The van der Waals surface area contributed by atoms with Gasteiger partial charge < -0.3 is 15.2 Å². The monoisotopic (exact) mass is 306 g/mol. The summed E-state index contributed by atoms with van der Waals surface area (Å²) in [6.07, 6.45) is 1.63. The Morgan fingerprint density at radius 2 is 1.86 bits per heavy atom. The molecule has 5 nitrogen and oxygen atoms in total. The van der Waals surface area contributed by atoms with Gasteiger partial charge in [-0.3, -0.25) is 9.69 Å². The number of hydrogen-bond donors (Lipinski definition) is 2. The summed E-state index contributed by atoms with van der Waals surface area (Å²) in [6.45, 7) is 5.49. The highest BCUT2D eigenvalue weighted by Crippen LogP contribution is 2.22. The lowest BCUT2D eigenvalue weighted by Gasteiger charge is -2.36. The fourth-order valence-electron chi connectivity index (χ4n) is 2.88. The number of amides is 1. The highest BCUT2D eigenvalue weighted by atomic mass is 16.5. The van der Waals surface area contributed by atoms with E-state index in [1.54, 1.807) is 7.11 Å². The number of anilines is 1. The Hall–Kier alpha value is -1.59. The van der Waals surface area contributed by atoms with Gasteiger partial charge in [0, 0.05) is 5.69 Å². The molecular weight excluding hydrogens is 280 g/mol. The molecule has 0 aromatic heterocycles. The van der Waals surface area contributed by atoms with Crippen molar-refractivity contribution < 1.29 is 14.6 Å². The molecule has 1 aromatic rings. The van der Waals surface area contributed by atoms with Gasteiger partial charge in [0.05, 0.1) is 19.3 Å². The third-order valence-electron chi connectivity index (χ3n) is 4.54. The first-order valence-corrected chi connectivity index (χ1v) is 7.88. The van der Waals surface area contributed by atoms with Gasteiger partial charge in [-0.15, -0.1) is 0 Å². The largest absolute Gasteiger partial charge is 0.497 e. The number of carbonyl (C=O) groups excluding carboxylic acids is 1. The number of ether oxygens (including phenoxy) is 1. The van der Waals surface area contributed by atoms with Gasteiger partial charge in [-0.05, 0) is 70.0 Å². The van der Waals surface area contributed by atoms with E-state index in [0.717, 1.165) is 37.4 Å². The van der Waals surface area contributed by atoms with Crippen LogP contribution in [0.15, 0.2) is 24.3 Å². The number of carbonyl (C=O) groups is 1. The van der Waals surface area contributed by atoms with Crippen LogP contribution in [0.5, 0.6) is 5.75 Å². The van der Waals surface area contributed by atoms with E-state index in [9.17, 15) is 9.90 Å². The summed E-state index contributed by atoms with van der Waals surface area (Å²) in [5, 5.41) is 12.6. The first kappa shape index (κ1) is 16.8. The summed E-state index contributed by atoms with van der Waals surface area (Å²) in [5.41, 5.74) is 0.775. The molecule has 0 saturated carbocycles. The second-order valence-electron chi connectivity index (χ2n) is 6.01. The maximum absolute atomic E-state index is 12.3. The molecule has 5 heteroatoms. The van der Waals surface area contributed by atoms with E-state index in [2.05, 4.69) is 10.2 Å². The lowest BCUT2D eigenvalue weighted by atomic mass is 9.91. The summed E-state index contributed by atoms with van der Waals surface area (Å²) >= 11 is 0. The molecule has 122 valence electrons. The van der Waals surface area contributed by atoms with Crippen LogP contribution in [-0.4, -0.2) is 48.3 Å². The van der Waals surface area contributed by atoms with E-state index in [0.29, 0.717) is 5.92 Å². The van der Waals surface area contributed by atoms with Gasteiger partial charge in [-0.2, -0.15) is 0 Å². The van der Waals surface area contributed by atoms with Gasteiger partial charge >= 0.3 is 0 Å².